The molecule has 1 saturated heterocycles. The van der Waals surface area contributed by atoms with Crippen molar-refractivity contribution in [2.24, 2.45) is 0 Å². The van der Waals surface area contributed by atoms with Gasteiger partial charge < -0.3 is 24.2 Å². The highest BCUT2D eigenvalue weighted by molar-refractivity contribution is 6.16. The van der Waals surface area contributed by atoms with E-state index in [1.807, 2.05) is 19.1 Å². The standard InChI is InChI=1S/C23H25NO5/c1-14-11-17(25)16(13-24-9-4-5-10-24)23-20(14)21(26)19(29-23)12-15-7-6-8-18(27-2)22(15)28-3/h6-8,11-12,25H,4-5,9-10,13H2,1-3H3/p+1/b19-12-. The van der Waals surface area contributed by atoms with E-state index >= 15 is 0 Å². The van der Waals surface area contributed by atoms with Gasteiger partial charge in [0.25, 0.3) is 0 Å². The number of phenolic OH excluding ortho intramolecular Hbond substituents is 1. The zero-order valence-corrected chi connectivity index (χ0v) is 17.0. The highest BCUT2D eigenvalue weighted by atomic mass is 16.5. The molecule has 0 radical (unpaired) electrons. The van der Waals surface area contributed by atoms with Crippen molar-refractivity contribution in [3.63, 3.8) is 0 Å². The predicted octanol–water partition coefficient (Wildman–Crippen LogP) is 2.51. The number of fused-ring (bicyclic) bond motifs is 1. The van der Waals surface area contributed by atoms with Gasteiger partial charge in [0.1, 0.15) is 12.3 Å². The molecule has 29 heavy (non-hydrogen) atoms. The van der Waals surface area contributed by atoms with Crippen molar-refractivity contribution in [2.45, 2.75) is 26.3 Å². The Morgan fingerprint density at radius 1 is 1.21 bits per heavy atom. The number of aryl methyl sites for hydroxylation is 1. The van der Waals surface area contributed by atoms with Crippen LogP contribution in [0.3, 0.4) is 0 Å². The second-order valence-electron chi connectivity index (χ2n) is 7.55. The van der Waals surface area contributed by atoms with Crippen LogP contribution in [-0.2, 0) is 6.54 Å². The summed E-state index contributed by atoms with van der Waals surface area (Å²) in [6.45, 7) is 4.61. The quantitative estimate of drug-likeness (QED) is 0.760. The Kier molecular flexibility index (Phi) is 5.20. The number of Topliss-reactive ketones (excluding diaryl/α,β-unsaturated/α-hetero) is 1. The third-order valence-corrected chi connectivity index (χ3v) is 5.68. The highest BCUT2D eigenvalue weighted by Crippen LogP contribution is 2.42. The number of methoxy groups -OCH3 is 2. The molecule has 1 fully saturated rings. The Bertz CT molecular complexity index is 989. The zero-order chi connectivity index (χ0) is 20.5. The van der Waals surface area contributed by atoms with E-state index in [2.05, 4.69) is 0 Å². The number of nitrogens with one attached hydrogen (secondary N) is 1. The number of hydrogen-bond acceptors (Lipinski definition) is 5. The van der Waals surface area contributed by atoms with Gasteiger partial charge in [0.2, 0.25) is 5.78 Å². The molecule has 2 aromatic rings. The molecule has 2 heterocycles. The zero-order valence-electron chi connectivity index (χ0n) is 17.0. The Morgan fingerprint density at radius 3 is 2.66 bits per heavy atom. The van der Waals surface area contributed by atoms with Gasteiger partial charge in [-0.25, -0.2) is 0 Å². The number of quaternary nitrogens is 1. The van der Waals surface area contributed by atoms with Gasteiger partial charge in [-0.2, -0.15) is 0 Å². The van der Waals surface area contributed by atoms with Crippen molar-refractivity contribution >= 4 is 11.9 Å². The summed E-state index contributed by atoms with van der Waals surface area (Å²) in [7, 11) is 3.13. The number of para-hydroxylation sites is 1. The van der Waals surface area contributed by atoms with E-state index in [4.69, 9.17) is 14.2 Å². The molecule has 0 amide bonds. The highest BCUT2D eigenvalue weighted by Gasteiger charge is 2.35. The number of ketones is 1. The summed E-state index contributed by atoms with van der Waals surface area (Å²) >= 11 is 0. The molecule has 0 aromatic heterocycles. The van der Waals surface area contributed by atoms with E-state index < -0.39 is 0 Å². The lowest BCUT2D eigenvalue weighted by atomic mass is 9.99. The van der Waals surface area contributed by atoms with Gasteiger partial charge in [-0.1, -0.05) is 12.1 Å². The molecule has 0 atom stereocenters. The van der Waals surface area contributed by atoms with Gasteiger partial charge >= 0.3 is 0 Å². The number of carbonyl (C=O) groups is 1. The average molecular weight is 396 g/mol. The van der Waals surface area contributed by atoms with E-state index in [0.29, 0.717) is 46.0 Å². The molecule has 2 aliphatic heterocycles. The van der Waals surface area contributed by atoms with Crippen LogP contribution in [0, 0.1) is 6.92 Å². The molecule has 0 aliphatic carbocycles. The summed E-state index contributed by atoms with van der Waals surface area (Å²) in [4.78, 5) is 14.5. The lowest BCUT2D eigenvalue weighted by Gasteiger charge is -2.16. The lowest BCUT2D eigenvalue weighted by molar-refractivity contribution is -0.901. The molecular formula is C23H26NO5+. The molecule has 2 N–H and O–H groups in total. The molecule has 0 spiro atoms. The normalized spacial score (nSPS) is 17.5. The van der Waals surface area contributed by atoms with Crippen molar-refractivity contribution in [1.82, 2.24) is 0 Å². The maximum atomic E-state index is 13.1. The summed E-state index contributed by atoms with van der Waals surface area (Å²) in [6, 6.07) is 7.14. The number of phenols is 1. The molecule has 152 valence electrons. The minimum Gasteiger partial charge on any atom is -0.507 e. The Labute approximate surface area is 170 Å². The van der Waals surface area contributed by atoms with Gasteiger partial charge in [0.15, 0.2) is 23.0 Å². The number of benzene rings is 2. The minimum absolute atomic E-state index is 0.181. The fraction of sp³-hybridized carbons (Fsp3) is 0.348. The first kappa shape index (κ1) is 19.3. The number of ether oxygens (including phenoxy) is 3. The van der Waals surface area contributed by atoms with Gasteiger partial charge in [-0.15, -0.1) is 0 Å². The van der Waals surface area contributed by atoms with Crippen LogP contribution >= 0.6 is 0 Å². The van der Waals surface area contributed by atoms with Crippen LogP contribution in [0.5, 0.6) is 23.0 Å². The molecule has 6 heteroatoms. The Hall–Kier alpha value is -2.99. The van der Waals surface area contributed by atoms with Crippen molar-refractivity contribution in [3.8, 4) is 23.0 Å². The summed E-state index contributed by atoms with van der Waals surface area (Å²) < 4.78 is 16.8. The van der Waals surface area contributed by atoms with Crippen LogP contribution in [0.15, 0.2) is 30.0 Å². The van der Waals surface area contributed by atoms with Gasteiger partial charge in [0.05, 0.1) is 38.4 Å². The fourth-order valence-electron chi connectivity index (χ4n) is 4.22. The van der Waals surface area contributed by atoms with Crippen molar-refractivity contribution in [3.05, 3.63) is 52.3 Å². The molecule has 0 saturated carbocycles. The largest absolute Gasteiger partial charge is 0.507 e. The minimum atomic E-state index is -0.181. The molecule has 2 aliphatic rings. The smallest absolute Gasteiger partial charge is 0.232 e. The maximum Gasteiger partial charge on any atom is 0.232 e. The average Bonchev–Trinajstić information content (AvgIpc) is 3.33. The fourth-order valence-corrected chi connectivity index (χ4v) is 4.22. The lowest BCUT2D eigenvalue weighted by Crippen LogP contribution is -3.08. The van der Waals surface area contributed by atoms with E-state index in [1.165, 1.54) is 17.7 Å². The first-order chi connectivity index (χ1) is 14.0. The van der Waals surface area contributed by atoms with Gasteiger partial charge in [-0.3, -0.25) is 4.79 Å². The third kappa shape index (κ3) is 3.44. The Balaban J connectivity index is 1.75. The van der Waals surface area contributed by atoms with Crippen LogP contribution in [0.4, 0.5) is 0 Å². The molecule has 6 nitrogen and oxygen atoms in total. The third-order valence-electron chi connectivity index (χ3n) is 5.68. The van der Waals surface area contributed by atoms with Crippen LogP contribution in [0.2, 0.25) is 0 Å². The first-order valence-electron chi connectivity index (χ1n) is 9.87. The topological polar surface area (TPSA) is 69.4 Å². The van der Waals surface area contributed by atoms with Crippen molar-refractivity contribution in [2.75, 3.05) is 27.3 Å². The molecular weight excluding hydrogens is 370 g/mol. The summed E-state index contributed by atoms with van der Waals surface area (Å²) in [5.74, 6) is 1.83. The SMILES string of the molecule is COc1cccc(/C=C2\Oc3c(C[NH+]4CCCC4)c(O)cc(C)c3C2=O)c1OC. The van der Waals surface area contributed by atoms with Crippen LogP contribution < -0.4 is 19.1 Å². The molecule has 0 bridgehead atoms. The summed E-state index contributed by atoms with van der Waals surface area (Å²) in [5, 5.41) is 10.6. The maximum absolute atomic E-state index is 13.1. The van der Waals surface area contributed by atoms with Crippen molar-refractivity contribution in [1.29, 1.82) is 0 Å². The molecule has 0 unspecified atom stereocenters. The number of hydrogen-bond donors (Lipinski definition) is 2. The second kappa shape index (κ2) is 7.79. The van der Waals surface area contributed by atoms with Crippen LogP contribution in [0.1, 0.15) is 39.9 Å². The first-order valence-corrected chi connectivity index (χ1v) is 9.87. The van der Waals surface area contributed by atoms with Gasteiger partial charge in [-0.05, 0) is 30.7 Å². The van der Waals surface area contributed by atoms with Crippen LogP contribution in [-0.4, -0.2) is 38.2 Å². The van der Waals surface area contributed by atoms with E-state index in [-0.39, 0.29) is 17.3 Å². The number of allylic oxidation sites excluding steroid dienone is 1. The Morgan fingerprint density at radius 2 is 1.97 bits per heavy atom. The number of likely N-dealkylation sites (tertiary alicyclic amines) is 1. The predicted molar refractivity (Wildman–Crippen MR) is 109 cm³/mol. The van der Waals surface area contributed by atoms with E-state index in [0.717, 1.165) is 13.1 Å². The van der Waals surface area contributed by atoms with Crippen molar-refractivity contribution < 1.29 is 29.0 Å². The number of rotatable bonds is 5. The summed E-state index contributed by atoms with van der Waals surface area (Å²) in [6.07, 6.45) is 4.04. The number of carbonyl (C=O) groups excluding carboxylic acids is 1. The van der Waals surface area contributed by atoms with Crippen LogP contribution in [0.25, 0.3) is 6.08 Å². The summed E-state index contributed by atoms with van der Waals surface area (Å²) in [5.41, 5.74) is 2.64. The molecule has 4 rings (SSSR count). The molecule has 2 aromatic carbocycles. The number of aromatic hydroxyl groups is 1. The monoisotopic (exact) mass is 396 g/mol. The van der Waals surface area contributed by atoms with E-state index in [9.17, 15) is 9.90 Å². The van der Waals surface area contributed by atoms with E-state index in [1.54, 1.807) is 32.4 Å². The second-order valence-corrected chi connectivity index (χ2v) is 7.55. The van der Waals surface area contributed by atoms with Gasteiger partial charge in [0, 0.05) is 18.4 Å².